The topological polar surface area (TPSA) is 75.2 Å². The Balaban J connectivity index is 2.18. The molecule has 168 valence electrons. The minimum absolute atomic E-state index is 0.240. The number of amides is 2. The molecule has 2 amide bonds. The first-order valence-electron chi connectivity index (χ1n) is 10.7. The minimum Gasteiger partial charge on any atom is -0.349 e. The van der Waals surface area contributed by atoms with E-state index in [1.807, 2.05) is 65.8 Å². The molecule has 3 rings (SSSR count). The maximum absolute atomic E-state index is 13.9. The van der Waals surface area contributed by atoms with E-state index in [-0.39, 0.29) is 11.8 Å². The summed E-state index contributed by atoms with van der Waals surface area (Å²) in [5, 5.41) is 3.94. The maximum atomic E-state index is 13.9. The predicted molar refractivity (Wildman–Crippen MR) is 129 cm³/mol. The predicted octanol–water partition coefficient (Wildman–Crippen LogP) is 5.16. The molecule has 7 heteroatoms. The van der Waals surface area contributed by atoms with Gasteiger partial charge in [-0.25, -0.2) is 4.98 Å². The zero-order valence-corrected chi connectivity index (χ0v) is 20.3. The molecule has 32 heavy (non-hydrogen) atoms. The highest BCUT2D eigenvalue weighted by Crippen LogP contribution is 2.32. The van der Waals surface area contributed by atoms with Crippen molar-refractivity contribution < 1.29 is 9.59 Å². The van der Waals surface area contributed by atoms with Gasteiger partial charge in [0.25, 0.3) is 5.91 Å². The third-order valence-electron chi connectivity index (χ3n) is 5.50. The third-order valence-corrected chi connectivity index (χ3v) is 6.56. The average Bonchev–Trinajstić information content (AvgIpc) is 3.10. The van der Waals surface area contributed by atoms with Gasteiger partial charge in [-0.2, -0.15) is 0 Å². The summed E-state index contributed by atoms with van der Waals surface area (Å²) < 4.78 is 0. The molecule has 0 radical (unpaired) electrons. The number of thiazole rings is 1. The Bertz CT molecular complexity index is 1090. The fourth-order valence-electron chi connectivity index (χ4n) is 3.38. The standard InChI is InChI=1S/C25H30N4O2S/c1-7-25(5,6)28-23(30)21(19-12-14-26-15-13-19)29(20-10-8-16(2)9-11-20)24(31)22-17(3)27-18(4)32-22/h8-15,21H,7H2,1-6H3,(H,28,30)/t21-/m0/s1. The molecule has 0 aliphatic carbocycles. The zero-order chi connectivity index (χ0) is 23.5. The minimum atomic E-state index is -0.860. The van der Waals surface area contributed by atoms with E-state index in [9.17, 15) is 9.59 Å². The van der Waals surface area contributed by atoms with Gasteiger partial charge in [0.1, 0.15) is 10.9 Å². The van der Waals surface area contributed by atoms with Gasteiger partial charge in [0.2, 0.25) is 5.91 Å². The third kappa shape index (κ3) is 5.22. The molecular formula is C25H30N4O2S. The van der Waals surface area contributed by atoms with Crippen LogP contribution < -0.4 is 10.2 Å². The van der Waals surface area contributed by atoms with E-state index in [0.717, 1.165) is 17.0 Å². The largest absolute Gasteiger partial charge is 0.349 e. The van der Waals surface area contributed by atoms with E-state index in [1.54, 1.807) is 29.4 Å². The smallest absolute Gasteiger partial charge is 0.271 e. The molecule has 0 aliphatic heterocycles. The van der Waals surface area contributed by atoms with Crippen LogP contribution in [0.3, 0.4) is 0 Å². The van der Waals surface area contributed by atoms with E-state index < -0.39 is 11.6 Å². The molecule has 0 saturated heterocycles. The van der Waals surface area contributed by atoms with Crippen LogP contribution in [0, 0.1) is 20.8 Å². The molecule has 6 nitrogen and oxygen atoms in total. The van der Waals surface area contributed by atoms with Gasteiger partial charge in [-0.3, -0.25) is 19.5 Å². The monoisotopic (exact) mass is 450 g/mol. The molecule has 0 bridgehead atoms. The van der Waals surface area contributed by atoms with Crippen molar-refractivity contribution in [2.45, 2.75) is 59.5 Å². The average molecular weight is 451 g/mol. The molecule has 0 fully saturated rings. The first-order valence-corrected chi connectivity index (χ1v) is 11.5. The normalized spacial score (nSPS) is 12.3. The molecule has 0 aliphatic rings. The fourth-order valence-corrected chi connectivity index (χ4v) is 4.24. The first kappa shape index (κ1) is 23.6. The van der Waals surface area contributed by atoms with E-state index in [2.05, 4.69) is 15.3 Å². The van der Waals surface area contributed by atoms with Crippen LogP contribution in [0.2, 0.25) is 0 Å². The lowest BCUT2D eigenvalue weighted by Gasteiger charge is -2.34. The molecule has 1 atom stereocenters. The van der Waals surface area contributed by atoms with Crippen molar-refractivity contribution in [3.8, 4) is 0 Å². The molecule has 0 saturated carbocycles. The summed E-state index contributed by atoms with van der Waals surface area (Å²) in [4.78, 5) is 38.3. The SMILES string of the molecule is CCC(C)(C)NC(=O)[C@H](c1ccncc1)N(C(=O)c1sc(C)nc1C)c1ccc(C)cc1. The zero-order valence-electron chi connectivity index (χ0n) is 19.5. The van der Waals surface area contributed by atoms with Gasteiger partial charge >= 0.3 is 0 Å². The van der Waals surface area contributed by atoms with Crippen LogP contribution in [-0.2, 0) is 4.79 Å². The van der Waals surface area contributed by atoms with Gasteiger partial charge < -0.3 is 5.32 Å². The summed E-state index contributed by atoms with van der Waals surface area (Å²) in [6, 6.07) is 10.3. The van der Waals surface area contributed by atoms with Crippen molar-refractivity contribution in [3.05, 3.63) is 75.5 Å². The highest BCUT2D eigenvalue weighted by atomic mass is 32.1. The number of carbonyl (C=O) groups excluding carboxylic acids is 2. The molecular weight excluding hydrogens is 420 g/mol. The molecule has 3 aromatic rings. The summed E-state index contributed by atoms with van der Waals surface area (Å²) in [5.74, 6) is -0.487. The number of anilines is 1. The summed E-state index contributed by atoms with van der Waals surface area (Å²) in [7, 11) is 0. The van der Waals surface area contributed by atoms with Crippen LogP contribution in [0.5, 0.6) is 0 Å². The number of pyridine rings is 1. The number of nitrogens with one attached hydrogen (secondary N) is 1. The Labute approximate surface area is 193 Å². The van der Waals surface area contributed by atoms with Crippen molar-refractivity contribution >= 4 is 28.8 Å². The van der Waals surface area contributed by atoms with E-state index in [0.29, 0.717) is 21.8 Å². The second-order valence-corrected chi connectivity index (χ2v) is 9.77. The van der Waals surface area contributed by atoms with Crippen molar-refractivity contribution in [2.75, 3.05) is 4.90 Å². The lowest BCUT2D eigenvalue weighted by Crippen LogP contribution is -2.50. The highest BCUT2D eigenvalue weighted by molar-refractivity contribution is 7.13. The second kappa shape index (κ2) is 9.61. The van der Waals surface area contributed by atoms with Gasteiger partial charge in [0.05, 0.1) is 10.7 Å². The summed E-state index contributed by atoms with van der Waals surface area (Å²) in [6.45, 7) is 11.7. The van der Waals surface area contributed by atoms with Crippen molar-refractivity contribution in [1.82, 2.24) is 15.3 Å². The Morgan fingerprint density at radius 3 is 2.22 bits per heavy atom. The fraction of sp³-hybridized carbons (Fsp3) is 0.360. The van der Waals surface area contributed by atoms with Crippen molar-refractivity contribution in [3.63, 3.8) is 0 Å². The Morgan fingerprint density at radius 2 is 1.69 bits per heavy atom. The molecule has 1 N–H and O–H groups in total. The van der Waals surface area contributed by atoms with Crippen LogP contribution in [0.1, 0.15) is 64.7 Å². The quantitative estimate of drug-likeness (QED) is 0.540. The number of rotatable bonds is 7. The van der Waals surface area contributed by atoms with E-state index in [4.69, 9.17) is 0 Å². The molecule has 2 aromatic heterocycles. The number of hydrogen-bond donors (Lipinski definition) is 1. The van der Waals surface area contributed by atoms with Crippen LogP contribution >= 0.6 is 11.3 Å². The molecule has 2 heterocycles. The first-order chi connectivity index (χ1) is 15.1. The number of nitrogens with zero attached hydrogens (tertiary/aromatic N) is 3. The number of hydrogen-bond acceptors (Lipinski definition) is 5. The van der Waals surface area contributed by atoms with Gasteiger partial charge in [-0.15, -0.1) is 11.3 Å². The second-order valence-electron chi connectivity index (χ2n) is 8.57. The number of benzene rings is 1. The summed E-state index contributed by atoms with van der Waals surface area (Å²) in [5.41, 5.74) is 2.66. The molecule has 0 spiro atoms. The number of aromatic nitrogens is 2. The van der Waals surface area contributed by atoms with Crippen LogP contribution in [0.4, 0.5) is 5.69 Å². The van der Waals surface area contributed by atoms with Gasteiger partial charge in [-0.05, 0) is 70.9 Å². The summed E-state index contributed by atoms with van der Waals surface area (Å²) in [6.07, 6.45) is 4.04. The Hall–Kier alpha value is -3.06. The molecule has 1 aromatic carbocycles. The molecule has 0 unspecified atom stereocenters. The number of aryl methyl sites for hydroxylation is 3. The van der Waals surface area contributed by atoms with Crippen LogP contribution in [-0.4, -0.2) is 27.3 Å². The van der Waals surface area contributed by atoms with E-state index in [1.165, 1.54) is 11.3 Å². The highest BCUT2D eigenvalue weighted by Gasteiger charge is 2.36. The Morgan fingerprint density at radius 1 is 1.06 bits per heavy atom. The summed E-state index contributed by atoms with van der Waals surface area (Å²) >= 11 is 1.34. The maximum Gasteiger partial charge on any atom is 0.271 e. The lowest BCUT2D eigenvalue weighted by molar-refractivity contribution is -0.124. The Kier molecular flexibility index (Phi) is 7.09. The van der Waals surface area contributed by atoms with Gasteiger partial charge in [0.15, 0.2) is 0 Å². The van der Waals surface area contributed by atoms with Crippen molar-refractivity contribution in [1.29, 1.82) is 0 Å². The van der Waals surface area contributed by atoms with Crippen LogP contribution in [0.25, 0.3) is 0 Å². The van der Waals surface area contributed by atoms with Gasteiger partial charge in [-0.1, -0.05) is 24.6 Å². The number of carbonyl (C=O) groups is 2. The van der Waals surface area contributed by atoms with Crippen LogP contribution in [0.15, 0.2) is 48.8 Å². The lowest BCUT2D eigenvalue weighted by atomic mass is 9.98. The van der Waals surface area contributed by atoms with E-state index >= 15 is 0 Å². The van der Waals surface area contributed by atoms with Gasteiger partial charge in [0, 0.05) is 23.6 Å². The van der Waals surface area contributed by atoms with Crippen molar-refractivity contribution in [2.24, 2.45) is 0 Å².